The molecule has 2 rings (SSSR count). The number of aromatic amines is 1. The monoisotopic (exact) mass is 218 g/mol. The van der Waals surface area contributed by atoms with E-state index in [0.29, 0.717) is 12.2 Å². The van der Waals surface area contributed by atoms with Crippen molar-refractivity contribution in [3.63, 3.8) is 0 Å². The van der Waals surface area contributed by atoms with Crippen molar-refractivity contribution in [3.05, 3.63) is 51.7 Å². The van der Waals surface area contributed by atoms with Gasteiger partial charge in [0.05, 0.1) is 10.6 Å². The van der Waals surface area contributed by atoms with E-state index < -0.39 is 4.92 Å². The van der Waals surface area contributed by atoms with E-state index in [1.165, 1.54) is 12.1 Å². The Morgan fingerprint density at radius 3 is 2.88 bits per heavy atom. The van der Waals surface area contributed by atoms with Gasteiger partial charge in [0, 0.05) is 24.6 Å². The fourth-order valence-electron chi connectivity index (χ4n) is 1.46. The highest BCUT2D eigenvalue weighted by Gasteiger charge is 2.07. The number of non-ortho nitro benzene ring substituents is 1. The Balaban J connectivity index is 2.21. The molecule has 0 aliphatic heterocycles. The van der Waals surface area contributed by atoms with Gasteiger partial charge in [0.1, 0.15) is 5.82 Å². The molecular weight excluding hydrogens is 208 g/mol. The molecule has 0 saturated carbocycles. The van der Waals surface area contributed by atoms with Gasteiger partial charge in [-0.05, 0) is 5.56 Å². The number of nitrogens with one attached hydrogen (secondary N) is 1. The maximum atomic E-state index is 10.6. The molecule has 3 N–H and O–H groups in total. The summed E-state index contributed by atoms with van der Waals surface area (Å²) < 4.78 is 0. The van der Waals surface area contributed by atoms with Gasteiger partial charge in [0.2, 0.25) is 0 Å². The van der Waals surface area contributed by atoms with Crippen LogP contribution in [0.25, 0.3) is 0 Å². The molecule has 1 aromatic carbocycles. The van der Waals surface area contributed by atoms with Crippen molar-refractivity contribution < 1.29 is 4.92 Å². The van der Waals surface area contributed by atoms with E-state index in [4.69, 9.17) is 5.73 Å². The fraction of sp³-hybridized carbons (Fsp3) is 0.100. The topological polar surface area (TPSA) is 97.8 Å². The Labute approximate surface area is 91.2 Å². The first kappa shape index (κ1) is 10.2. The van der Waals surface area contributed by atoms with Crippen LogP contribution in [0.4, 0.5) is 11.5 Å². The number of benzene rings is 1. The van der Waals surface area contributed by atoms with E-state index >= 15 is 0 Å². The summed E-state index contributed by atoms with van der Waals surface area (Å²) in [5, 5.41) is 17.2. The van der Waals surface area contributed by atoms with Crippen LogP contribution < -0.4 is 5.73 Å². The Bertz CT molecular complexity index is 521. The van der Waals surface area contributed by atoms with Gasteiger partial charge in [-0.1, -0.05) is 12.1 Å². The van der Waals surface area contributed by atoms with Gasteiger partial charge in [-0.15, -0.1) is 0 Å². The van der Waals surface area contributed by atoms with E-state index in [2.05, 4.69) is 10.2 Å². The van der Waals surface area contributed by atoms with Crippen LogP contribution in [0.1, 0.15) is 11.3 Å². The fourth-order valence-corrected chi connectivity index (χ4v) is 1.46. The number of hydrogen-bond donors (Lipinski definition) is 2. The van der Waals surface area contributed by atoms with E-state index in [1.54, 1.807) is 12.1 Å². The van der Waals surface area contributed by atoms with Crippen molar-refractivity contribution in [2.75, 3.05) is 5.73 Å². The number of rotatable bonds is 3. The summed E-state index contributed by atoms with van der Waals surface area (Å²) in [4.78, 5) is 10.2. The second-order valence-corrected chi connectivity index (χ2v) is 3.42. The lowest BCUT2D eigenvalue weighted by molar-refractivity contribution is -0.384. The second-order valence-electron chi connectivity index (χ2n) is 3.42. The molecule has 1 aromatic heterocycles. The minimum absolute atomic E-state index is 0.0843. The largest absolute Gasteiger partial charge is 0.384 e. The molecule has 0 aliphatic rings. The summed E-state index contributed by atoms with van der Waals surface area (Å²) in [5.41, 5.74) is 7.16. The predicted octanol–water partition coefficient (Wildman–Crippen LogP) is 1.49. The number of hydrogen-bond acceptors (Lipinski definition) is 4. The number of anilines is 1. The SMILES string of the molecule is Nc1cc(Cc2cccc([N+](=O)[O-])c2)n[nH]1. The molecule has 6 nitrogen and oxygen atoms in total. The van der Waals surface area contributed by atoms with Crippen LogP contribution in [0, 0.1) is 10.1 Å². The third-order valence-corrected chi connectivity index (χ3v) is 2.16. The molecule has 0 bridgehead atoms. The number of nitrogens with zero attached hydrogens (tertiary/aromatic N) is 2. The summed E-state index contributed by atoms with van der Waals surface area (Å²) in [6.45, 7) is 0. The van der Waals surface area contributed by atoms with Gasteiger partial charge in [-0.3, -0.25) is 15.2 Å². The van der Waals surface area contributed by atoms with Crippen molar-refractivity contribution in [3.8, 4) is 0 Å². The molecule has 1 heterocycles. The molecule has 0 aliphatic carbocycles. The number of nitrogens with two attached hydrogens (primary N) is 1. The Kier molecular flexibility index (Phi) is 2.55. The first-order valence-electron chi connectivity index (χ1n) is 4.68. The minimum Gasteiger partial charge on any atom is -0.384 e. The average Bonchev–Trinajstić information content (AvgIpc) is 2.64. The van der Waals surface area contributed by atoms with Gasteiger partial charge in [-0.2, -0.15) is 5.10 Å². The summed E-state index contributed by atoms with van der Waals surface area (Å²) in [5.74, 6) is 0.487. The van der Waals surface area contributed by atoms with Crippen LogP contribution in [0.15, 0.2) is 30.3 Å². The van der Waals surface area contributed by atoms with Crippen molar-refractivity contribution >= 4 is 11.5 Å². The van der Waals surface area contributed by atoms with Crippen molar-refractivity contribution in [2.45, 2.75) is 6.42 Å². The zero-order valence-corrected chi connectivity index (χ0v) is 8.38. The number of nitro groups is 1. The molecule has 0 fully saturated rings. The van der Waals surface area contributed by atoms with Crippen LogP contribution in [0.3, 0.4) is 0 Å². The third-order valence-electron chi connectivity index (χ3n) is 2.16. The van der Waals surface area contributed by atoms with Gasteiger partial charge < -0.3 is 5.73 Å². The van der Waals surface area contributed by atoms with Gasteiger partial charge >= 0.3 is 0 Å². The molecule has 0 atom stereocenters. The maximum Gasteiger partial charge on any atom is 0.269 e. The zero-order chi connectivity index (χ0) is 11.5. The molecule has 16 heavy (non-hydrogen) atoms. The number of aromatic nitrogens is 2. The highest BCUT2D eigenvalue weighted by Crippen LogP contribution is 2.16. The lowest BCUT2D eigenvalue weighted by Crippen LogP contribution is -1.92. The summed E-state index contributed by atoms with van der Waals surface area (Å²) in [7, 11) is 0. The van der Waals surface area contributed by atoms with E-state index in [9.17, 15) is 10.1 Å². The highest BCUT2D eigenvalue weighted by atomic mass is 16.6. The first-order chi connectivity index (χ1) is 7.65. The molecule has 0 radical (unpaired) electrons. The van der Waals surface area contributed by atoms with Crippen LogP contribution in [0.5, 0.6) is 0 Å². The predicted molar refractivity (Wildman–Crippen MR) is 58.9 cm³/mol. The Morgan fingerprint density at radius 2 is 2.25 bits per heavy atom. The van der Waals surface area contributed by atoms with Crippen LogP contribution in [0.2, 0.25) is 0 Å². The maximum absolute atomic E-state index is 10.6. The first-order valence-corrected chi connectivity index (χ1v) is 4.68. The summed E-state index contributed by atoms with van der Waals surface area (Å²) >= 11 is 0. The van der Waals surface area contributed by atoms with E-state index in [1.807, 2.05) is 6.07 Å². The summed E-state index contributed by atoms with van der Waals surface area (Å²) in [6, 6.07) is 8.17. The van der Waals surface area contributed by atoms with Gasteiger partial charge in [0.15, 0.2) is 0 Å². The lowest BCUT2D eigenvalue weighted by Gasteiger charge is -1.97. The summed E-state index contributed by atoms with van der Waals surface area (Å²) in [6.07, 6.45) is 0.523. The molecule has 6 heteroatoms. The normalized spacial score (nSPS) is 10.2. The molecule has 0 amide bonds. The van der Waals surface area contributed by atoms with Crippen molar-refractivity contribution in [1.29, 1.82) is 0 Å². The molecule has 0 unspecified atom stereocenters. The number of nitro benzene ring substituents is 1. The molecule has 0 spiro atoms. The van der Waals surface area contributed by atoms with Crippen molar-refractivity contribution in [1.82, 2.24) is 10.2 Å². The number of nitrogen functional groups attached to an aromatic ring is 1. The van der Waals surface area contributed by atoms with Crippen LogP contribution in [-0.4, -0.2) is 15.1 Å². The van der Waals surface area contributed by atoms with Gasteiger partial charge in [-0.25, -0.2) is 0 Å². The molecule has 2 aromatic rings. The Morgan fingerprint density at radius 1 is 1.44 bits per heavy atom. The van der Waals surface area contributed by atoms with Crippen LogP contribution >= 0.6 is 0 Å². The minimum atomic E-state index is -0.414. The highest BCUT2D eigenvalue weighted by molar-refractivity contribution is 5.37. The van der Waals surface area contributed by atoms with Gasteiger partial charge in [0.25, 0.3) is 5.69 Å². The van der Waals surface area contributed by atoms with Crippen molar-refractivity contribution in [2.24, 2.45) is 0 Å². The quantitative estimate of drug-likeness (QED) is 0.602. The van der Waals surface area contributed by atoms with E-state index in [0.717, 1.165) is 11.3 Å². The smallest absolute Gasteiger partial charge is 0.269 e. The standard InChI is InChI=1S/C10H10N4O2/c11-10-6-8(12-13-10)4-7-2-1-3-9(5-7)14(15)16/h1-3,5-6H,4H2,(H3,11,12,13). The third kappa shape index (κ3) is 2.17. The Hall–Kier alpha value is -2.37. The van der Waals surface area contributed by atoms with E-state index in [-0.39, 0.29) is 5.69 Å². The van der Waals surface area contributed by atoms with Crippen LogP contribution in [-0.2, 0) is 6.42 Å². The lowest BCUT2D eigenvalue weighted by atomic mass is 10.1. The molecule has 0 saturated heterocycles. The zero-order valence-electron chi connectivity index (χ0n) is 8.38. The second kappa shape index (κ2) is 4.01. The molecule has 82 valence electrons. The molecular formula is C10H10N4O2. The average molecular weight is 218 g/mol. The number of H-pyrrole nitrogens is 1.